The van der Waals surface area contributed by atoms with Crippen molar-refractivity contribution in [1.29, 1.82) is 0 Å². The van der Waals surface area contributed by atoms with Gasteiger partial charge in [-0.1, -0.05) is 43.4 Å². The summed E-state index contributed by atoms with van der Waals surface area (Å²) in [5, 5.41) is 17.0. The van der Waals surface area contributed by atoms with Gasteiger partial charge in [0.1, 0.15) is 11.6 Å². The number of halogens is 1. The van der Waals surface area contributed by atoms with E-state index in [4.69, 9.17) is 16.3 Å². The van der Waals surface area contributed by atoms with E-state index in [0.717, 1.165) is 5.56 Å². The number of urea groups is 1. The van der Waals surface area contributed by atoms with Gasteiger partial charge < -0.3 is 20.5 Å². The fourth-order valence-electron chi connectivity index (χ4n) is 4.22. The molecule has 4 amide bonds. The number of imide groups is 1. The van der Waals surface area contributed by atoms with Crippen molar-refractivity contribution < 1.29 is 28.7 Å². The molecule has 0 aromatic heterocycles. The number of rotatable bonds is 5. The van der Waals surface area contributed by atoms with Crippen LogP contribution in [0.2, 0.25) is 5.02 Å². The van der Waals surface area contributed by atoms with Crippen LogP contribution in [0.3, 0.4) is 0 Å². The van der Waals surface area contributed by atoms with Gasteiger partial charge in [-0.15, -0.1) is 0 Å². The molecule has 0 aliphatic carbocycles. The first-order valence-electron chi connectivity index (χ1n) is 12.3. The van der Waals surface area contributed by atoms with Crippen LogP contribution in [0.15, 0.2) is 18.2 Å². The second kappa shape index (κ2) is 11.6. The maximum absolute atomic E-state index is 13.6. The zero-order valence-corrected chi connectivity index (χ0v) is 23.1. The number of nitrogens with zero attached hydrogens (tertiary/aromatic N) is 1. The molecular formula is C27H39ClN3O5+. The largest absolute Gasteiger partial charge is 0.444 e. The first-order chi connectivity index (χ1) is 16.6. The van der Waals surface area contributed by atoms with Gasteiger partial charge in [-0.05, 0) is 57.9 Å². The quantitative estimate of drug-likeness (QED) is 0.391. The summed E-state index contributed by atoms with van der Waals surface area (Å²) >= 11 is 6.20. The van der Waals surface area contributed by atoms with E-state index in [1.807, 2.05) is 20.8 Å². The molecule has 1 aliphatic rings. The number of hydrogen-bond acceptors (Lipinski definition) is 5. The maximum atomic E-state index is 13.6. The fraction of sp³-hybridized carbons (Fsp3) is 0.593. The summed E-state index contributed by atoms with van der Waals surface area (Å²) < 4.78 is 4.76. The normalized spacial score (nSPS) is 21.2. The van der Waals surface area contributed by atoms with Gasteiger partial charge in [0, 0.05) is 36.9 Å². The minimum absolute atomic E-state index is 0.0295. The molecule has 1 aromatic rings. The standard InChI is InChI=1S/C27H38ClN3O5/c1-18(2)12-13-27(7,35)23(32)31(14-8-9-19(31)3)24(33)29-17-21-15-22(28)11-10-20(21)16-30-25(34)36-26(4,5)6/h10-11,15,18-19,35H,8-9,14,16-17H2,1-7H3,(H-,29,30,33,34)/p+1/t19-,27?,31?/m1/s1. The number of carbonyl (C=O) groups excluding carboxylic acids is 3. The van der Waals surface area contributed by atoms with Gasteiger partial charge in [0.05, 0.1) is 6.54 Å². The van der Waals surface area contributed by atoms with Crippen molar-refractivity contribution in [2.75, 3.05) is 6.54 Å². The van der Waals surface area contributed by atoms with E-state index in [1.165, 1.54) is 6.92 Å². The average Bonchev–Trinajstić information content (AvgIpc) is 3.15. The number of carbonyl (C=O) groups is 3. The van der Waals surface area contributed by atoms with Crippen molar-refractivity contribution >= 4 is 29.6 Å². The summed E-state index contributed by atoms with van der Waals surface area (Å²) in [5.41, 5.74) is -1.15. The van der Waals surface area contributed by atoms with Gasteiger partial charge in [0.2, 0.25) is 5.60 Å². The molecule has 1 aromatic carbocycles. The number of aliphatic hydroxyl groups is 1. The summed E-state index contributed by atoms with van der Waals surface area (Å²) in [7, 11) is 0. The van der Waals surface area contributed by atoms with Gasteiger partial charge in [-0.3, -0.25) is 0 Å². The third-order valence-electron chi connectivity index (χ3n) is 6.05. The van der Waals surface area contributed by atoms with Crippen LogP contribution >= 0.6 is 11.6 Å². The van der Waals surface area contributed by atoms with Crippen LogP contribution in [0, 0.1) is 17.8 Å². The van der Waals surface area contributed by atoms with Crippen molar-refractivity contribution in [2.24, 2.45) is 5.92 Å². The lowest BCUT2D eigenvalue weighted by Gasteiger charge is -2.36. The molecular weight excluding hydrogens is 482 g/mol. The summed E-state index contributed by atoms with van der Waals surface area (Å²) in [5.74, 6) is 4.85. The molecule has 36 heavy (non-hydrogen) atoms. The van der Waals surface area contributed by atoms with Gasteiger partial charge >= 0.3 is 18.0 Å². The Morgan fingerprint density at radius 3 is 2.36 bits per heavy atom. The number of ether oxygens (including phenoxy) is 1. The van der Waals surface area contributed by atoms with Crippen LogP contribution in [0.25, 0.3) is 0 Å². The maximum Gasteiger partial charge on any atom is 0.424 e. The molecule has 0 radical (unpaired) electrons. The lowest BCUT2D eigenvalue weighted by atomic mass is 10.0. The van der Waals surface area contributed by atoms with Crippen LogP contribution in [-0.4, -0.2) is 51.4 Å². The molecule has 0 bridgehead atoms. The van der Waals surface area contributed by atoms with Gasteiger partial charge in [0.15, 0.2) is 0 Å². The molecule has 0 spiro atoms. The molecule has 1 heterocycles. The second-order valence-corrected chi connectivity index (χ2v) is 11.2. The summed E-state index contributed by atoms with van der Waals surface area (Å²) in [6, 6.07) is 4.36. The number of quaternary nitrogens is 1. The van der Waals surface area contributed by atoms with Gasteiger partial charge in [0.25, 0.3) is 0 Å². The Morgan fingerprint density at radius 1 is 1.17 bits per heavy atom. The highest BCUT2D eigenvalue weighted by Crippen LogP contribution is 2.31. The van der Waals surface area contributed by atoms with E-state index in [-0.39, 0.29) is 31.6 Å². The third kappa shape index (κ3) is 7.45. The van der Waals surface area contributed by atoms with Crippen molar-refractivity contribution in [3.63, 3.8) is 0 Å². The summed E-state index contributed by atoms with van der Waals surface area (Å²) in [4.78, 5) is 39.2. The van der Waals surface area contributed by atoms with Gasteiger partial charge in [-0.25, -0.2) is 14.4 Å². The van der Waals surface area contributed by atoms with E-state index in [1.54, 1.807) is 39.0 Å². The first-order valence-corrected chi connectivity index (χ1v) is 12.7. The number of benzene rings is 1. The van der Waals surface area contributed by atoms with Crippen molar-refractivity contribution in [3.8, 4) is 11.8 Å². The Balaban J connectivity index is 2.24. The molecule has 3 atom stereocenters. The second-order valence-electron chi connectivity index (χ2n) is 10.8. The van der Waals surface area contributed by atoms with Crippen LogP contribution in [0.5, 0.6) is 0 Å². The molecule has 8 nitrogen and oxygen atoms in total. The predicted octanol–water partition coefficient (Wildman–Crippen LogP) is 4.51. The molecule has 1 fully saturated rings. The van der Waals surface area contributed by atoms with Crippen LogP contribution in [0.1, 0.15) is 72.4 Å². The van der Waals surface area contributed by atoms with Crippen LogP contribution < -0.4 is 10.6 Å². The number of likely N-dealkylation sites (tertiary alicyclic amines) is 1. The van der Waals surface area contributed by atoms with E-state index in [9.17, 15) is 19.5 Å². The van der Waals surface area contributed by atoms with Crippen LogP contribution in [-0.2, 0) is 22.6 Å². The number of amides is 4. The topological polar surface area (TPSA) is 105 Å². The summed E-state index contributed by atoms with van der Waals surface area (Å²) in [6.07, 6.45) is 0.795. The Hall–Kier alpha value is -2.60. The molecule has 1 aliphatic heterocycles. The zero-order valence-electron chi connectivity index (χ0n) is 22.3. The highest BCUT2D eigenvalue weighted by Gasteiger charge is 2.58. The average molecular weight is 521 g/mol. The molecule has 2 rings (SSSR count). The Labute approximate surface area is 219 Å². The summed E-state index contributed by atoms with van der Waals surface area (Å²) in [6.45, 7) is 12.8. The molecule has 0 saturated carbocycles. The lowest BCUT2D eigenvalue weighted by Crippen LogP contribution is -2.67. The van der Waals surface area contributed by atoms with Gasteiger partial charge in [-0.2, -0.15) is 4.48 Å². The first kappa shape index (κ1) is 29.6. The van der Waals surface area contributed by atoms with Crippen LogP contribution in [0.4, 0.5) is 9.59 Å². The SMILES string of the molecule is CC(C)C#CC(C)(O)C(=O)[N+]1(C(=O)NCc2cc(Cl)ccc2CNC(=O)OC(C)(C)C)CCC[C@H]1C. The highest BCUT2D eigenvalue weighted by molar-refractivity contribution is 6.30. The Morgan fingerprint density at radius 2 is 1.81 bits per heavy atom. The Kier molecular flexibility index (Phi) is 9.58. The van der Waals surface area contributed by atoms with Crippen molar-refractivity contribution in [3.05, 3.63) is 34.3 Å². The molecule has 198 valence electrons. The van der Waals surface area contributed by atoms with Crippen molar-refractivity contribution in [1.82, 2.24) is 10.6 Å². The van der Waals surface area contributed by atoms with Crippen molar-refractivity contribution in [2.45, 2.75) is 91.6 Å². The minimum atomic E-state index is -1.96. The minimum Gasteiger partial charge on any atom is -0.444 e. The van der Waals surface area contributed by atoms with E-state index < -0.39 is 33.7 Å². The fourth-order valence-corrected chi connectivity index (χ4v) is 4.42. The highest BCUT2D eigenvalue weighted by atomic mass is 35.5. The predicted molar refractivity (Wildman–Crippen MR) is 139 cm³/mol. The van der Waals surface area contributed by atoms with E-state index in [0.29, 0.717) is 23.4 Å². The Bertz CT molecular complexity index is 1050. The number of hydrogen-bond donors (Lipinski definition) is 3. The van der Waals surface area contributed by atoms with E-state index >= 15 is 0 Å². The smallest absolute Gasteiger partial charge is 0.424 e. The molecule has 3 N–H and O–H groups in total. The van der Waals surface area contributed by atoms with E-state index in [2.05, 4.69) is 22.5 Å². The monoisotopic (exact) mass is 520 g/mol. The zero-order chi connectivity index (χ0) is 27.3. The molecule has 9 heteroatoms. The number of alkyl carbamates (subject to hydrolysis) is 1. The lowest BCUT2D eigenvalue weighted by molar-refractivity contribution is -0.788. The third-order valence-corrected chi connectivity index (χ3v) is 6.29. The molecule has 2 unspecified atom stereocenters. The molecule has 1 saturated heterocycles. The number of nitrogens with one attached hydrogen (secondary N) is 2.